The molecule has 2 aliphatic heterocycles. The van der Waals surface area contributed by atoms with Crippen molar-refractivity contribution in [2.45, 2.75) is 49.7 Å². The van der Waals surface area contributed by atoms with E-state index in [0.717, 1.165) is 35.4 Å². The van der Waals surface area contributed by atoms with E-state index in [9.17, 15) is 27.6 Å². The van der Waals surface area contributed by atoms with Crippen LogP contribution in [0, 0.1) is 5.41 Å². The number of nitrogens with one attached hydrogen (secondary N) is 1. The molecule has 5 rings (SSSR count). The van der Waals surface area contributed by atoms with Crippen LogP contribution in [0.25, 0.3) is 22.0 Å². The average Bonchev–Trinajstić information content (AvgIpc) is 3.28. The lowest BCUT2D eigenvalue weighted by atomic mass is 9.94. The van der Waals surface area contributed by atoms with Crippen LogP contribution < -0.4 is 16.3 Å². The molecular weight excluding hydrogens is 605 g/mol. The molecule has 4 heterocycles. The van der Waals surface area contributed by atoms with Crippen LogP contribution in [0.15, 0.2) is 33.8 Å². The standard InChI is InChI=1S/C28H29F3N6O4S2/c1-5-20(38)37-13(2)8-35(9-14(37)3)26-16-6-18(28(29,30)31)21(17-12-42-19(7-32)22(17)25(33)39)24-23(16)36(27(40)34-26)10-15(41-4)11-43-24/h5-7,12-15,32H,1,8-11H2,2-4H3,(H2,33,39)/t13-,14+,15?. The number of halogens is 3. The van der Waals surface area contributed by atoms with Crippen molar-refractivity contribution in [3.63, 3.8) is 0 Å². The Morgan fingerprint density at radius 2 is 1.91 bits per heavy atom. The summed E-state index contributed by atoms with van der Waals surface area (Å²) in [5.41, 5.74) is 3.64. The van der Waals surface area contributed by atoms with Gasteiger partial charge in [0.15, 0.2) is 0 Å². The van der Waals surface area contributed by atoms with Gasteiger partial charge in [-0.2, -0.15) is 18.2 Å². The Morgan fingerprint density at radius 3 is 2.47 bits per heavy atom. The number of carbonyl (C=O) groups excluding carboxylic acids is 2. The molecule has 43 heavy (non-hydrogen) atoms. The molecule has 0 radical (unpaired) electrons. The molecule has 3 atom stereocenters. The van der Waals surface area contributed by atoms with Crippen LogP contribution in [0.4, 0.5) is 19.0 Å². The van der Waals surface area contributed by atoms with E-state index in [-0.39, 0.29) is 86.6 Å². The highest BCUT2D eigenvalue weighted by molar-refractivity contribution is 7.99. The van der Waals surface area contributed by atoms with E-state index >= 15 is 0 Å². The maximum absolute atomic E-state index is 15.0. The van der Waals surface area contributed by atoms with E-state index in [1.165, 1.54) is 23.1 Å². The summed E-state index contributed by atoms with van der Waals surface area (Å²) in [6.07, 6.45) is -3.29. The number of aromatic nitrogens is 2. The normalized spacial score (nSPS) is 20.7. The lowest BCUT2D eigenvalue weighted by Gasteiger charge is -2.44. The number of nitrogens with two attached hydrogens (primary N) is 1. The first-order chi connectivity index (χ1) is 20.3. The first-order valence-corrected chi connectivity index (χ1v) is 15.1. The van der Waals surface area contributed by atoms with E-state index in [1.54, 1.807) is 9.80 Å². The molecule has 10 nitrogen and oxygen atoms in total. The number of hydrogen-bond donors (Lipinski definition) is 2. The molecule has 0 aliphatic carbocycles. The third-order valence-corrected chi connectivity index (χ3v) is 9.91. The van der Waals surface area contributed by atoms with Gasteiger partial charge in [-0.25, -0.2) is 4.79 Å². The van der Waals surface area contributed by atoms with Crippen LogP contribution in [0.1, 0.15) is 34.6 Å². The van der Waals surface area contributed by atoms with Gasteiger partial charge in [0.2, 0.25) is 5.91 Å². The highest BCUT2D eigenvalue weighted by atomic mass is 32.2. The van der Waals surface area contributed by atoms with Gasteiger partial charge in [-0.1, -0.05) is 6.58 Å². The fourth-order valence-electron chi connectivity index (χ4n) is 5.96. The zero-order chi connectivity index (χ0) is 31.4. The molecule has 1 aromatic carbocycles. The summed E-state index contributed by atoms with van der Waals surface area (Å²) in [4.78, 5) is 46.6. The smallest absolute Gasteiger partial charge is 0.379 e. The third-order valence-electron chi connectivity index (χ3n) is 7.75. The molecule has 0 bridgehead atoms. The van der Waals surface area contributed by atoms with Crippen molar-refractivity contribution in [1.29, 1.82) is 5.41 Å². The molecule has 1 fully saturated rings. The number of nitrogens with zero attached hydrogens (tertiary/aromatic N) is 4. The fourth-order valence-corrected chi connectivity index (χ4v) is 8.16. The van der Waals surface area contributed by atoms with Gasteiger partial charge in [-0.15, -0.1) is 23.1 Å². The van der Waals surface area contributed by atoms with Crippen molar-refractivity contribution in [3.8, 4) is 11.1 Å². The predicted molar refractivity (Wildman–Crippen MR) is 160 cm³/mol. The zero-order valence-corrected chi connectivity index (χ0v) is 25.2. The Bertz CT molecular complexity index is 1710. The van der Waals surface area contributed by atoms with Crippen molar-refractivity contribution < 1.29 is 27.5 Å². The molecule has 1 saturated heterocycles. The number of alkyl halides is 3. The first kappa shape index (κ1) is 30.8. The molecular formula is C28H29F3N6O4S2. The van der Waals surface area contributed by atoms with Crippen LogP contribution in [0.2, 0.25) is 0 Å². The minimum Gasteiger partial charge on any atom is -0.379 e. The van der Waals surface area contributed by atoms with Gasteiger partial charge >= 0.3 is 11.9 Å². The number of benzene rings is 1. The van der Waals surface area contributed by atoms with Crippen LogP contribution in [0.5, 0.6) is 0 Å². The molecule has 3 N–H and O–H groups in total. The molecule has 15 heteroatoms. The van der Waals surface area contributed by atoms with Crippen LogP contribution in [-0.2, 0) is 22.3 Å². The summed E-state index contributed by atoms with van der Waals surface area (Å²) < 4.78 is 51.8. The molecule has 0 saturated carbocycles. The maximum Gasteiger partial charge on any atom is 0.417 e. The van der Waals surface area contributed by atoms with Gasteiger partial charge in [0, 0.05) is 71.0 Å². The highest BCUT2D eigenvalue weighted by Crippen LogP contribution is 2.50. The Kier molecular flexibility index (Phi) is 8.17. The van der Waals surface area contributed by atoms with Crippen molar-refractivity contribution >= 4 is 57.8 Å². The quantitative estimate of drug-likeness (QED) is 0.310. The number of amides is 2. The number of piperazine rings is 1. The summed E-state index contributed by atoms with van der Waals surface area (Å²) in [5.74, 6) is -0.931. The summed E-state index contributed by atoms with van der Waals surface area (Å²) in [5, 5.41) is 9.19. The lowest BCUT2D eigenvalue weighted by Crippen LogP contribution is -2.58. The second kappa shape index (κ2) is 11.4. The number of hydrogen-bond acceptors (Lipinski definition) is 9. The predicted octanol–water partition coefficient (Wildman–Crippen LogP) is 3.97. The van der Waals surface area contributed by atoms with E-state index in [4.69, 9.17) is 15.9 Å². The van der Waals surface area contributed by atoms with Crippen LogP contribution >= 0.6 is 23.1 Å². The number of thiophene rings is 1. The SMILES string of the molecule is C=CC(=O)N1[C@H](C)CN(c2nc(=O)n3c4c(c(-c5csc(C=N)c5C(N)=O)c(C(F)(F)F)cc24)SCC(OC)C3)C[C@@H]1C. The number of carbonyl (C=O) groups is 2. The van der Waals surface area contributed by atoms with Gasteiger partial charge in [-0.3, -0.25) is 14.2 Å². The highest BCUT2D eigenvalue weighted by Gasteiger charge is 2.41. The van der Waals surface area contributed by atoms with E-state index in [1.807, 2.05) is 13.8 Å². The Labute approximate surface area is 252 Å². The number of ether oxygens (including phenoxy) is 1. The lowest BCUT2D eigenvalue weighted by molar-refractivity contribution is -0.137. The van der Waals surface area contributed by atoms with Crippen molar-refractivity contribution in [2.75, 3.05) is 30.9 Å². The van der Waals surface area contributed by atoms with E-state index in [2.05, 4.69) is 11.6 Å². The Balaban J connectivity index is 1.86. The first-order valence-electron chi connectivity index (χ1n) is 13.3. The summed E-state index contributed by atoms with van der Waals surface area (Å²) >= 11 is 2.03. The van der Waals surface area contributed by atoms with E-state index in [0.29, 0.717) is 0 Å². The van der Waals surface area contributed by atoms with Crippen molar-refractivity contribution in [3.05, 3.63) is 50.6 Å². The number of thioether (sulfide) groups is 1. The van der Waals surface area contributed by atoms with Crippen LogP contribution in [-0.4, -0.2) is 76.6 Å². The molecule has 1 unspecified atom stereocenters. The zero-order valence-electron chi connectivity index (χ0n) is 23.5. The summed E-state index contributed by atoms with van der Waals surface area (Å²) in [7, 11) is 1.46. The van der Waals surface area contributed by atoms with Gasteiger partial charge in [0.05, 0.1) is 34.2 Å². The van der Waals surface area contributed by atoms with Gasteiger partial charge in [0.25, 0.3) is 5.91 Å². The molecule has 2 amide bonds. The van der Waals surface area contributed by atoms with Gasteiger partial charge in [0.1, 0.15) is 5.82 Å². The molecule has 228 valence electrons. The second-order valence-corrected chi connectivity index (χ2v) is 12.4. The number of rotatable bonds is 6. The third kappa shape index (κ3) is 5.23. The molecule has 3 aromatic rings. The van der Waals surface area contributed by atoms with Crippen LogP contribution in [0.3, 0.4) is 0 Å². The van der Waals surface area contributed by atoms with Gasteiger partial charge in [-0.05, 0) is 26.0 Å². The summed E-state index contributed by atoms with van der Waals surface area (Å²) in [6, 6.07) is 0.282. The molecule has 2 aliphatic rings. The number of methoxy groups -OCH3 is 1. The second-order valence-electron chi connectivity index (χ2n) is 10.5. The maximum atomic E-state index is 15.0. The summed E-state index contributed by atoms with van der Waals surface area (Å²) in [6.45, 7) is 7.69. The molecule has 2 aromatic heterocycles. The number of primary amides is 1. The monoisotopic (exact) mass is 634 g/mol. The van der Waals surface area contributed by atoms with Crippen molar-refractivity contribution in [2.24, 2.45) is 5.73 Å². The van der Waals surface area contributed by atoms with E-state index < -0.39 is 29.4 Å². The topological polar surface area (TPSA) is 135 Å². The number of anilines is 1. The average molecular weight is 635 g/mol. The largest absolute Gasteiger partial charge is 0.417 e. The fraction of sp³-hybridized carbons (Fsp3) is 0.393. The van der Waals surface area contributed by atoms with Gasteiger partial charge < -0.3 is 25.7 Å². The molecule has 0 spiro atoms. The minimum atomic E-state index is -4.87. The minimum absolute atomic E-state index is 0.0520. The Morgan fingerprint density at radius 1 is 1.23 bits per heavy atom. The van der Waals surface area contributed by atoms with Crippen molar-refractivity contribution in [1.82, 2.24) is 14.5 Å². The Hall–Kier alpha value is -3.69.